The lowest BCUT2D eigenvalue weighted by molar-refractivity contribution is 0.102. The van der Waals surface area contributed by atoms with Crippen LogP contribution in [0.1, 0.15) is 39.2 Å². The van der Waals surface area contributed by atoms with Crippen molar-refractivity contribution in [2.45, 2.75) is 32.2 Å². The molecule has 8 nitrogen and oxygen atoms in total. The first-order chi connectivity index (χ1) is 17.5. The molecule has 0 unspecified atom stereocenters. The van der Waals surface area contributed by atoms with Gasteiger partial charge in [0, 0.05) is 23.1 Å². The average molecular weight is 513 g/mol. The van der Waals surface area contributed by atoms with Gasteiger partial charge in [0.15, 0.2) is 11.5 Å². The van der Waals surface area contributed by atoms with Gasteiger partial charge in [-0.15, -0.1) is 11.3 Å². The van der Waals surface area contributed by atoms with Crippen LogP contribution in [0.25, 0.3) is 0 Å². The van der Waals surface area contributed by atoms with E-state index in [9.17, 15) is 4.79 Å². The number of carbonyl (C=O) groups excluding carboxylic acids is 1. The molecule has 1 aromatic heterocycles. The standard InChI is InChI=1S/C27H32N2O6S/c1-31-17-11-13-20(32-2)19(14-17)29-26(30)23-18-8-6-7-9-22(18)36-27(23)28-15-16-10-12-21(33-3)25(35-5)24(16)34-4/h10-14,28H,6-9,15H2,1-5H3,(H,29,30). The number of aryl methyl sites for hydroxylation is 1. The number of nitrogens with one attached hydrogen (secondary N) is 2. The summed E-state index contributed by atoms with van der Waals surface area (Å²) in [5, 5.41) is 7.37. The molecule has 0 aliphatic heterocycles. The molecule has 192 valence electrons. The van der Waals surface area contributed by atoms with Crippen LogP contribution in [-0.2, 0) is 19.4 Å². The maximum atomic E-state index is 13.7. The second-order valence-electron chi connectivity index (χ2n) is 8.28. The fraction of sp³-hybridized carbons (Fsp3) is 0.370. The number of methoxy groups -OCH3 is 5. The molecule has 1 amide bonds. The van der Waals surface area contributed by atoms with E-state index in [4.69, 9.17) is 23.7 Å². The van der Waals surface area contributed by atoms with Gasteiger partial charge < -0.3 is 34.3 Å². The zero-order valence-electron chi connectivity index (χ0n) is 21.3. The molecule has 0 spiro atoms. The van der Waals surface area contributed by atoms with Crippen LogP contribution in [0.15, 0.2) is 30.3 Å². The number of benzene rings is 2. The monoisotopic (exact) mass is 512 g/mol. The van der Waals surface area contributed by atoms with Crippen LogP contribution in [0.4, 0.5) is 10.7 Å². The second kappa shape index (κ2) is 11.4. The number of carbonyl (C=O) groups is 1. The van der Waals surface area contributed by atoms with E-state index < -0.39 is 0 Å². The number of amides is 1. The van der Waals surface area contributed by atoms with E-state index in [-0.39, 0.29) is 5.91 Å². The minimum absolute atomic E-state index is 0.178. The predicted molar refractivity (Wildman–Crippen MR) is 142 cm³/mol. The van der Waals surface area contributed by atoms with Crippen molar-refractivity contribution in [2.24, 2.45) is 0 Å². The highest BCUT2D eigenvalue weighted by molar-refractivity contribution is 7.16. The molecule has 1 aliphatic carbocycles. The molecule has 9 heteroatoms. The smallest absolute Gasteiger partial charge is 0.259 e. The summed E-state index contributed by atoms with van der Waals surface area (Å²) in [5.74, 6) is 2.75. The van der Waals surface area contributed by atoms with Gasteiger partial charge in [-0.3, -0.25) is 4.79 Å². The van der Waals surface area contributed by atoms with E-state index in [1.807, 2.05) is 12.1 Å². The number of anilines is 2. The topological polar surface area (TPSA) is 87.3 Å². The van der Waals surface area contributed by atoms with Gasteiger partial charge >= 0.3 is 0 Å². The fourth-order valence-electron chi connectivity index (χ4n) is 4.51. The summed E-state index contributed by atoms with van der Waals surface area (Å²) in [6, 6.07) is 9.11. The van der Waals surface area contributed by atoms with Crippen molar-refractivity contribution in [2.75, 3.05) is 46.2 Å². The molecule has 0 saturated heterocycles. The number of thiophene rings is 1. The Kier molecular flexibility index (Phi) is 8.10. The highest BCUT2D eigenvalue weighted by Gasteiger charge is 2.26. The van der Waals surface area contributed by atoms with E-state index in [2.05, 4.69) is 10.6 Å². The van der Waals surface area contributed by atoms with Gasteiger partial charge in [-0.25, -0.2) is 0 Å². The third-order valence-corrected chi connectivity index (χ3v) is 7.53. The largest absolute Gasteiger partial charge is 0.497 e. The SMILES string of the molecule is COc1ccc(OC)c(NC(=O)c2c(NCc3ccc(OC)c(OC)c3OC)sc3c2CCCC3)c1. The molecular weight excluding hydrogens is 480 g/mol. The van der Waals surface area contributed by atoms with Crippen LogP contribution in [-0.4, -0.2) is 41.5 Å². The molecule has 1 aliphatic rings. The van der Waals surface area contributed by atoms with Crippen molar-refractivity contribution >= 4 is 27.9 Å². The first-order valence-corrected chi connectivity index (χ1v) is 12.6. The number of fused-ring (bicyclic) bond motifs is 1. The van der Waals surface area contributed by atoms with Crippen molar-refractivity contribution in [3.63, 3.8) is 0 Å². The van der Waals surface area contributed by atoms with E-state index >= 15 is 0 Å². The van der Waals surface area contributed by atoms with Crippen LogP contribution in [0.2, 0.25) is 0 Å². The molecular formula is C27H32N2O6S. The van der Waals surface area contributed by atoms with Gasteiger partial charge in [0.05, 0.1) is 46.8 Å². The summed E-state index contributed by atoms with van der Waals surface area (Å²) < 4.78 is 27.4. The number of hydrogen-bond donors (Lipinski definition) is 2. The van der Waals surface area contributed by atoms with Crippen LogP contribution in [0.5, 0.6) is 28.7 Å². The molecule has 2 N–H and O–H groups in total. The van der Waals surface area contributed by atoms with E-state index in [1.54, 1.807) is 65.1 Å². The number of rotatable bonds is 10. The predicted octanol–water partition coefficient (Wildman–Crippen LogP) is 5.53. The van der Waals surface area contributed by atoms with E-state index in [0.717, 1.165) is 41.8 Å². The van der Waals surface area contributed by atoms with Crippen molar-refractivity contribution in [3.8, 4) is 28.7 Å². The van der Waals surface area contributed by atoms with Crippen LogP contribution >= 0.6 is 11.3 Å². The van der Waals surface area contributed by atoms with Crippen LogP contribution < -0.4 is 34.3 Å². The minimum atomic E-state index is -0.178. The molecule has 0 bridgehead atoms. The molecule has 0 saturated carbocycles. The summed E-state index contributed by atoms with van der Waals surface area (Å²) >= 11 is 1.64. The Hall–Kier alpha value is -3.59. The van der Waals surface area contributed by atoms with Crippen LogP contribution in [0, 0.1) is 0 Å². The lowest BCUT2D eigenvalue weighted by Crippen LogP contribution is -2.17. The summed E-state index contributed by atoms with van der Waals surface area (Å²) in [5.41, 5.74) is 3.25. The Morgan fingerprint density at radius 3 is 2.28 bits per heavy atom. The van der Waals surface area contributed by atoms with Crippen molar-refractivity contribution in [1.82, 2.24) is 0 Å². The zero-order chi connectivity index (χ0) is 25.7. The van der Waals surface area contributed by atoms with Crippen molar-refractivity contribution in [1.29, 1.82) is 0 Å². The molecule has 4 rings (SSSR count). The number of ether oxygens (including phenoxy) is 5. The van der Waals surface area contributed by atoms with Crippen molar-refractivity contribution < 1.29 is 28.5 Å². The van der Waals surface area contributed by atoms with E-state index in [0.29, 0.717) is 46.5 Å². The first-order valence-electron chi connectivity index (χ1n) is 11.7. The molecule has 1 heterocycles. The highest BCUT2D eigenvalue weighted by atomic mass is 32.1. The Labute approximate surface area is 215 Å². The highest BCUT2D eigenvalue weighted by Crippen LogP contribution is 2.42. The van der Waals surface area contributed by atoms with Crippen molar-refractivity contribution in [3.05, 3.63) is 51.9 Å². The molecule has 36 heavy (non-hydrogen) atoms. The Morgan fingerprint density at radius 1 is 0.861 bits per heavy atom. The minimum Gasteiger partial charge on any atom is -0.497 e. The molecule has 2 aromatic carbocycles. The normalized spacial score (nSPS) is 12.4. The van der Waals surface area contributed by atoms with Gasteiger partial charge in [0.1, 0.15) is 16.5 Å². The fourth-order valence-corrected chi connectivity index (χ4v) is 5.79. The average Bonchev–Trinajstić information content (AvgIpc) is 3.29. The first kappa shape index (κ1) is 25.5. The summed E-state index contributed by atoms with van der Waals surface area (Å²) in [6.07, 6.45) is 4.05. The van der Waals surface area contributed by atoms with Gasteiger partial charge in [-0.2, -0.15) is 0 Å². The van der Waals surface area contributed by atoms with Gasteiger partial charge in [-0.05, 0) is 55.5 Å². The summed E-state index contributed by atoms with van der Waals surface area (Å²) in [7, 11) is 7.94. The third kappa shape index (κ3) is 5.02. The van der Waals surface area contributed by atoms with Gasteiger partial charge in [-0.1, -0.05) is 0 Å². The zero-order valence-corrected chi connectivity index (χ0v) is 22.1. The Bertz CT molecular complexity index is 1240. The molecule has 0 radical (unpaired) electrons. The van der Waals surface area contributed by atoms with E-state index in [1.165, 1.54) is 4.88 Å². The number of hydrogen-bond acceptors (Lipinski definition) is 8. The lowest BCUT2D eigenvalue weighted by atomic mass is 9.95. The Morgan fingerprint density at radius 2 is 1.58 bits per heavy atom. The third-order valence-electron chi connectivity index (χ3n) is 6.28. The Balaban J connectivity index is 1.66. The van der Waals surface area contributed by atoms with Gasteiger partial charge in [0.2, 0.25) is 5.75 Å². The molecule has 0 atom stereocenters. The second-order valence-corrected chi connectivity index (χ2v) is 9.39. The molecule has 0 fully saturated rings. The maximum Gasteiger partial charge on any atom is 0.259 e. The quantitative estimate of drug-likeness (QED) is 0.369. The summed E-state index contributed by atoms with van der Waals surface area (Å²) in [6.45, 7) is 0.450. The van der Waals surface area contributed by atoms with Crippen LogP contribution in [0.3, 0.4) is 0 Å². The van der Waals surface area contributed by atoms with Gasteiger partial charge in [0.25, 0.3) is 5.91 Å². The lowest BCUT2D eigenvalue weighted by Gasteiger charge is -2.17. The maximum absolute atomic E-state index is 13.7. The molecule has 3 aromatic rings. The summed E-state index contributed by atoms with van der Waals surface area (Å²) in [4.78, 5) is 14.9.